The van der Waals surface area contributed by atoms with Crippen molar-refractivity contribution in [1.29, 1.82) is 0 Å². The number of hydrogen-bond acceptors (Lipinski definition) is 8. The molecule has 5 atom stereocenters. The first-order chi connectivity index (χ1) is 9.56. The predicted molar refractivity (Wildman–Crippen MR) is 67.4 cm³/mol. The van der Waals surface area contributed by atoms with E-state index in [1.54, 1.807) is 0 Å². The van der Waals surface area contributed by atoms with Crippen LogP contribution in [0.25, 0.3) is 11.2 Å². The monoisotopic (exact) mass is 281 g/mol. The van der Waals surface area contributed by atoms with E-state index in [0.29, 0.717) is 11.2 Å². The molecule has 0 amide bonds. The summed E-state index contributed by atoms with van der Waals surface area (Å²) in [5.41, 5.74) is 6.39. The molecule has 3 rings (SSSR count). The maximum absolute atomic E-state index is 10.2. The molecule has 1 fully saturated rings. The summed E-state index contributed by atoms with van der Waals surface area (Å²) in [6, 6.07) is -0.860. The van der Waals surface area contributed by atoms with E-state index in [9.17, 15) is 20.4 Å². The molecule has 0 aromatic carbocycles. The van der Waals surface area contributed by atoms with Gasteiger partial charge in [0.15, 0.2) is 11.5 Å². The molecule has 20 heavy (non-hydrogen) atoms. The van der Waals surface area contributed by atoms with E-state index in [1.807, 2.05) is 0 Å². The van der Waals surface area contributed by atoms with E-state index < -0.39 is 36.9 Å². The number of nitrogen functional groups attached to an aromatic ring is 1. The Hall–Kier alpha value is -1.81. The number of aliphatic hydroxyl groups is 4. The van der Waals surface area contributed by atoms with Crippen molar-refractivity contribution >= 4 is 17.0 Å². The second-order valence-electron chi connectivity index (χ2n) is 4.89. The number of hydrogen-bond donors (Lipinski definition) is 5. The summed E-state index contributed by atoms with van der Waals surface area (Å²) in [4.78, 5) is 11.9. The first kappa shape index (κ1) is 13.2. The molecule has 1 aliphatic rings. The van der Waals surface area contributed by atoms with Gasteiger partial charge >= 0.3 is 0 Å². The Kier molecular flexibility index (Phi) is 3.05. The zero-order chi connectivity index (χ0) is 14.4. The highest BCUT2D eigenvalue weighted by Gasteiger charge is 2.49. The number of fused-ring (bicyclic) bond motifs is 1. The summed E-state index contributed by atoms with van der Waals surface area (Å²) in [5.74, 6) is -0.637. The van der Waals surface area contributed by atoms with Crippen LogP contribution in [0.1, 0.15) is 6.04 Å². The van der Waals surface area contributed by atoms with E-state index in [4.69, 9.17) is 5.73 Å². The molecule has 9 heteroatoms. The molecule has 2 heterocycles. The lowest BCUT2D eigenvalue weighted by molar-refractivity contribution is -0.00782. The summed E-state index contributed by atoms with van der Waals surface area (Å²) in [6.45, 7) is -0.431. The molecule has 0 unspecified atom stereocenters. The van der Waals surface area contributed by atoms with Crippen LogP contribution in [0.5, 0.6) is 0 Å². The maximum Gasteiger partial charge on any atom is 0.165 e. The van der Waals surface area contributed by atoms with Gasteiger partial charge in [0.25, 0.3) is 0 Å². The highest BCUT2D eigenvalue weighted by Crippen LogP contribution is 2.37. The van der Waals surface area contributed by atoms with Gasteiger partial charge in [-0.25, -0.2) is 15.0 Å². The fourth-order valence-electron chi connectivity index (χ4n) is 2.75. The molecule has 1 saturated carbocycles. The topological polar surface area (TPSA) is 151 Å². The van der Waals surface area contributed by atoms with Crippen molar-refractivity contribution in [1.82, 2.24) is 19.5 Å². The Morgan fingerprint density at radius 2 is 1.85 bits per heavy atom. The van der Waals surface area contributed by atoms with Gasteiger partial charge in [-0.3, -0.25) is 0 Å². The normalized spacial score (nSPS) is 33.9. The molecule has 0 radical (unpaired) electrons. The van der Waals surface area contributed by atoms with E-state index in [1.165, 1.54) is 17.2 Å². The van der Waals surface area contributed by atoms with Crippen molar-refractivity contribution in [3.05, 3.63) is 12.7 Å². The molecular weight excluding hydrogens is 266 g/mol. The zero-order valence-corrected chi connectivity index (χ0v) is 10.4. The number of aliphatic hydroxyl groups excluding tert-OH is 4. The van der Waals surface area contributed by atoms with Gasteiger partial charge in [0.05, 0.1) is 31.2 Å². The molecular formula is C11H15N5O4. The molecule has 0 saturated heterocycles. The van der Waals surface area contributed by atoms with Crippen LogP contribution in [0.3, 0.4) is 0 Å². The lowest BCUT2D eigenvalue weighted by atomic mass is 10.0. The van der Waals surface area contributed by atoms with E-state index in [-0.39, 0.29) is 5.82 Å². The van der Waals surface area contributed by atoms with Crippen LogP contribution in [-0.2, 0) is 0 Å². The van der Waals surface area contributed by atoms with Gasteiger partial charge in [-0.05, 0) is 0 Å². The minimum absolute atomic E-state index is 0.190. The molecule has 108 valence electrons. The number of nitrogens with zero attached hydrogens (tertiary/aromatic N) is 4. The van der Waals surface area contributed by atoms with Crippen LogP contribution in [0.15, 0.2) is 12.7 Å². The van der Waals surface area contributed by atoms with E-state index in [2.05, 4.69) is 15.0 Å². The average Bonchev–Trinajstić information content (AvgIpc) is 2.92. The number of aromatic nitrogens is 4. The van der Waals surface area contributed by atoms with Gasteiger partial charge in [-0.15, -0.1) is 0 Å². The van der Waals surface area contributed by atoms with Crippen molar-refractivity contribution in [3.63, 3.8) is 0 Å². The summed E-state index contributed by atoms with van der Waals surface area (Å²) in [5, 5.41) is 39.3. The molecule has 6 N–H and O–H groups in total. The van der Waals surface area contributed by atoms with Gasteiger partial charge in [-0.2, -0.15) is 0 Å². The van der Waals surface area contributed by atoms with Crippen molar-refractivity contribution in [2.24, 2.45) is 5.92 Å². The largest absolute Gasteiger partial charge is 0.396 e. The Balaban J connectivity index is 2.09. The number of anilines is 1. The third kappa shape index (κ3) is 1.68. The second-order valence-corrected chi connectivity index (χ2v) is 4.89. The first-order valence-corrected chi connectivity index (χ1v) is 6.14. The quantitative estimate of drug-likeness (QED) is 0.410. The number of imidazole rings is 1. The zero-order valence-electron chi connectivity index (χ0n) is 10.4. The third-order valence-corrected chi connectivity index (χ3v) is 3.85. The number of nitrogens with two attached hydrogens (primary N) is 1. The van der Waals surface area contributed by atoms with Crippen LogP contribution < -0.4 is 5.73 Å². The first-order valence-electron chi connectivity index (χ1n) is 6.14. The van der Waals surface area contributed by atoms with Crippen LogP contribution in [0, 0.1) is 5.92 Å². The van der Waals surface area contributed by atoms with Gasteiger partial charge in [0.2, 0.25) is 0 Å². The standard InChI is InChI=1S/C11H15N5O4/c12-10-5-11(14-2-13-10)16(3-15-5)6-7(18)4(1-17)8(19)9(6)20/h2-4,6-9,17-20H,1H2,(H2,12,13,14)/t4-,6+,7+,8+,9-/m0/s1. The lowest BCUT2D eigenvalue weighted by Crippen LogP contribution is -2.30. The molecule has 1 aliphatic carbocycles. The lowest BCUT2D eigenvalue weighted by Gasteiger charge is -2.21. The Morgan fingerprint density at radius 1 is 1.10 bits per heavy atom. The minimum atomic E-state index is -1.24. The number of rotatable bonds is 2. The fourth-order valence-corrected chi connectivity index (χ4v) is 2.75. The van der Waals surface area contributed by atoms with Gasteiger partial charge in [-0.1, -0.05) is 0 Å². The van der Waals surface area contributed by atoms with Crippen molar-refractivity contribution < 1.29 is 20.4 Å². The summed E-state index contributed by atoms with van der Waals surface area (Å²) >= 11 is 0. The SMILES string of the molecule is Nc1ncnc2c1ncn2[C@H]1[C@H](O)[C@H](O)[C@@H](CO)[C@H]1O. The molecule has 2 aromatic heterocycles. The van der Waals surface area contributed by atoms with Gasteiger partial charge in [0, 0.05) is 5.92 Å². The molecule has 0 bridgehead atoms. The summed E-state index contributed by atoms with van der Waals surface area (Å²) in [7, 11) is 0. The Bertz CT molecular complexity index is 632. The van der Waals surface area contributed by atoms with E-state index >= 15 is 0 Å². The smallest absolute Gasteiger partial charge is 0.165 e. The maximum atomic E-state index is 10.2. The molecule has 2 aromatic rings. The predicted octanol–water partition coefficient (Wildman–Crippen LogP) is -2.35. The van der Waals surface area contributed by atoms with Crippen LogP contribution in [-0.4, -0.2) is 64.9 Å². The molecule has 9 nitrogen and oxygen atoms in total. The summed E-state index contributed by atoms with van der Waals surface area (Å²) < 4.78 is 1.45. The fraction of sp³-hybridized carbons (Fsp3) is 0.545. The third-order valence-electron chi connectivity index (χ3n) is 3.85. The van der Waals surface area contributed by atoms with Gasteiger partial charge < -0.3 is 30.7 Å². The highest BCUT2D eigenvalue weighted by atomic mass is 16.3. The van der Waals surface area contributed by atoms with Crippen LogP contribution in [0.4, 0.5) is 5.82 Å². The minimum Gasteiger partial charge on any atom is -0.396 e. The van der Waals surface area contributed by atoms with Crippen molar-refractivity contribution in [2.75, 3.05) is 12.3 Å². The Labute approximate surface area is 113 Å². The van der Waals surface area contributed by atoms with Crippen LogP contribution in [0.2, 0.25) is 0 Å². The summed E-state index contributed by atoms with van der Waals surface area (Å²) in [6.07, 6.45) is -0.964. The Morgan fingerprint density at radius 3 is 2.50 bits per heavy atom. The molecule has 0 spiro atoms. The average molecular weight is 281 g/mol. The highest BCUT2D eigenvalue weighted by molar-refractivity contribution is 5.81. The van der Waals surface area contributed by atoms with Crippen molar-refractivity contribution in [2.45, 2.75) is 24.4 Å². The van der Waals surface area contributed by atoms with Crippen LogP contribution >= 0.6 is 0 Å². The van der Waals surface area contributed by atoms with Crippen molar-refractivity contribution in [3.8, 4) is 0 Å². The molecule has 0 aliphatic heterocycles. The van der Waals surface area contributed by atoms with Gasteiger partial charge in [0.1, 0.15) is 17.9 Å². The second kappa shape index (κ2) is 4.63. The van der Waals surface area contributed by atoms with E-state index in [0.717, 1.165) is 0 Å².